The Morgan fingerprint density at radius 2 is 1.57 bits per heavy atom. The Hall–Kier alpha value is -1.24. The van der Waals surface area contributed by atoms with E-state index >= 15 is 0 Å². The predicted molar refractivity (Wildman–Crippen MR) is 141 cm³/mol. The number of nitrogens with zero attached hydrogens (tertiary/aromatic N) is 1. The molecule has 2 aromatic carbocycles. The Morgan fingerprint density at radius 1 is 1.06 bits per heavy atom. The Morgan fingerprint density at radius 3 is 1.97 bits per heavy atom. The quantitative estimate of drug-likeness (QED) is 0.373. The van der Waals surface area contributed by atoms with Gasteiger partial charge in [-0.15, -0.1) is 23.2 Å². The van der Waals surface area contributed by atoms with Crippen LogP contribution in [-0.2, 0) is 14.6 Å². The number of rotatable bonds is 9. The predicted octanol–water partition coefficient (Wildman–Crippen LogP) is 5.49. The van der Waals surface area contributed by atoms with E-state index in [0.717, 1.165) is 17.4 Å². The summed E-state index contributed by atoms with van der Waals surface area (Å²) in [7, 11) is -3.29. The third-order valence-corrected chi connectivity index (χ3v) is 7.75. The van der Waals surface area contributed by atoms with Gasteiger partial charge in [-0.25, -0.2) is 8.42 Å². The van der Waals surface area contributed by atoms with Gasteiger partial charge < -0.3 is 5.32 Å². The molecule has 0 saturated heterocycles. The molecule has 0 bridgehead atoms. The van der Waals surface area contributed by atoms with Crippen molar-refractivity contribution in [3.63, 3.8) is 0 Å². The molecule has 188 valence electrons. The van der Waals surface area contributed by atoms with Gasteiger partial charge in [0.1, 0.15) is 10.4 Å². The molecule has 1 amide bonds. The first kappa shape index (κ1) is 28.3. The van der Waals surface area contributed by atoms with Crippen LogP contribution in [0.1, 0.15) is 30.9 Å². The monoisotopic (exact) mass is 595 g/mol. The lowest BCUT2D eigenvalue weighted by molar-refractivity contribution is -0.124. The SMILES string of the molecule is CS(=O)(=O)c1ccc(-c2ccc([C@H](N[C@@H](CC(Cl)Cl)C(=O)NC3(C#N)CC3)C(Cl)(Cl)Cl)cc2)cc1. The van der Waals surface area contributed by atoms with Crippen LogP contribution < -0.4 is 10.6 Å². The van der Waals surface area contributed by atoms with Crippen LogP contribution in [0.25, 0.3) is 11.1 Å². The molecule has 1 aliphatic rings. The summed E-state index contributed by atoms with van der Waals surface area (Å²) < 4.78 is 21.5. The highest BCUT2D eigenvalue weighted by atomic mass is 35.6. The molecule has 1 fully saturated rings. The van der Waals surface area contributed by atoms with Crippen molar-refractivity contribution in [2.75, 3.05) is 6.26 Å². The van der Waals surface area contributed by atoms with Crippen LogP contribution >= 0.6 is 58.0 Å². The fourth-order valence-electron chi connectivity index (χ4n) is 3.49. The number of halogens is 5. The fourth-order valence-corrected chi connectivity index (χ4v) is 5.04. The van der Waals surface area contributed by atoms with Gasteiger partial charge in [0.25, 0.3) is 0 Å². The van der Waals surface area contributed by atoms with Crippen molar-refractivity contribution < 1.29 is 13.2 Å². The van der Waals surface area contributed by atoms with E-state index in [-0.39, 0.29) is 11.3 Å². The van der Waals surface area contributed by atoms with E-state index in [1.807, 2.05) is 0 Å². The summed E-state index contributed by atoms with van der Waals surface area (Å²) in [6.07, 6.45) is 2.30. The Kier molecular flexibility index (Phi) is 8.92. The molecule has 0 aliphatic heterocycles. The van der Waals surface area contributed by atoms with Crippen molar-refractivity contribution in [2.24, 2.45) is 0 Å². The third-order valence-electron chi connectivity index (χ3n) is 5.61. The number of hydrogen-bond donors (Lipinski definition) is 2. The fraction of sp³-hybridized carbons (Fsp3) is 0.391. The topological polar surface area (TPSA) is 99.1 Å². The third kappa shape index (κ3) is 7.62. The molecule has 1 aliphatic carbocycles. The second kappa shape index (κ2) is 11.0. The van der Waals surface area contributed by atoms with E-state index < -0.39 is 42.0 Å². The molecule has 2 aromatic rings. The summed E-state index contributed by atoms with van der Waals surface area (Å²) in [4.78, 5) is 12.3. The van der Waals surface area contributed by atoms with Crippen LogP contribution in [0.3, 0.4) is 0 Å². The number of nitrogens with one attached hydrogen (secondary N) is 2. The highest BCUT2D eigenvalue weighted by Gasteiger charge is 2.46. The minimum Gasteiger partial charge on any atom is -0.336 e. The van der Waals surface area contributed by atoms with Gasteiger partial charge in [0.15, 0.2) is 9.84 Å². The molecular weight excluding hydrogens is 576 g/mol. The zero-order valence-corrected chi connectivity index (χ0v) is 23.0. The Labute approximate surface area is 229 Å². The molecule has 35 heavy (non-hydrogen) atoms. The molecule has 0 aromatic heterocycles. The average Bonchev–Trinajstić information content (AvgIpc) is 3.55. The number of nitriles is 1. The van der Waals surface area contributed by atoms with Gasteiger partial charge in [-0.2, -0.15) is 5.26 Å². The second-order valence-electron chi connectivity index (χ2n) is 8.42. The highest BCUT2D eigenvalue weighted by molar-refractivity contribution is 7.90. The van der Waals surface area contributed by atoms with Crippen LogP contribution in [0.4, 0.5) is 0 Å². The number of sulfone groups is 1. The molecule has 0 spiro atoms. The lowest BCUT2D eigenvalue weighted by atomic mass is 10.00. The number of amides is 1. The summed E-state index contributed by atoms with van der Waals surface area (Å²) in [5.74, 6) is -0.461. The molecule has 1 saturated carbocycles. The Bertz CT molecular complexity index is 1200. The van der Waals surface area contributed by atoms with Crippen molar-refractivity contribution in [3.8, 4) is 17.2 Å². The number of hydrogen-bond acceptors (Lipinski definition) is 5. The number of benzene rings is 2. The van der Waals surface area contributed by atoms with Crippen LogP contribution in [0, 0.1) is 11.3 Å². The van der Waals surface area contributed by atoms with Crippen LogP contribution in [0.2, 0.25) is 0 Å². The first-order chi connectivity index (χ1) is 16.2. The van der Waals surface area contributed by atoms with Gasteiger partial charge in [0.05, 0.1) is 23.0 Å². The molecule has 2 N–H and O–H groups in total. The van der Waals surface area contributed by atoms with Crippen LogP contribution in [0.5, 0.6) is 0 Å². The lowest BCUT2D eigenvalue weighted by Crippen LogP contribution is -2.51. The summed E-state index contributed by atoms with van der Waals surface area (Å²) in [6, 6.07) is 13.8. The lowest BCUT2D eigenvalue weighted by Gasteiger charge is -2.31. The molecule has 0 unspecified atom stereocenters. The molecule has 0 heterocycles. The molecule has 2 atom stereocenters. The number of alkyl halides is 5. The zero-order valence-electron chi connectivity index (χ0n) is 18.4. The van der Waals surface area contributed by atoms with Crippen molar-refractivity contribution in [2.45, 2.75) is 50.4 Å². The van der Waals surface area contributed by atoms with Gasteiger partial charge >= 0.3 is 0 Å². The molecule has 6 nitrogen and oxygen atoms in total. The average molecular weight is 598 g/mol. The molecule has 3 rings (SSSR count). The first-order valence-electron chi connectivity index (χ1n) is 10.5. The molecular formula is C23H22Cl5N3O3S. The largest absolute Gasteiger partial charge is 0.336 e. The van der Waals surface area contributed by atoms with Crippen LogP contribution in [0.15, 0.2) is 53.4 Å². The molecule has 0 radical (unpaired) electrons. The maximum absolute atomic E-state index is 12.9. The minimum absolute atomic E-state index is 0.0263. The van der Waals surface area contributed by atoms with Crippen LogP contribution in [-0.4, -0.2) is 40.8 Å². The summed E-state index contributed by atoms with van der Waals surface area (Å²) in [5, 5.41) is 15.1. The maximum Gasteiger partial charge on any atom is 0.238 e. The van der Waals surface area contributed by atoms with Gasteiger partial charge in [0.2, 0.25) is 9.70 Å². The second-order valence-corrected chi connectivity index (χ2v) is 14.1. The van der Waals surface area contributed by atoms with Gasteiger partial charge in [-0.3, -0.25) is 10.1 Å². The van der Waals surface area contributed by atoms with Crippen molar-refractivity contribution in [1.82, 2.24) is 10.6 Å². The van der Waals surface area contributed by atoms with Gasteiger partial charge in [-0.1, -0.05) is 71.2 Å². The normalized spacial score (nSPS) is 16.9. The zero-order chi connectivity index (χ0) is 26.0. The van der Waals surface area contributed by atoms with E-state index in [9.17, 15) is 18.5 Å². The van der Waals surface area contributed by atoms with E-state index in [4.69, 9.17) is 58.0 Å². The standard InChI is InChI=1S/C23H22Cl5N3O3S/c1-35(33,34)17-8-6-15(7-9-17)14-2-4-16(5-3-14)20(23(26,27)28)30-18(12-19(24)25)21(32)31-22(13-29)10-11-22/h2-9,18-20,30H,10-12H2,1H3,(H,31,32)/t18-,20-/m0/s1. The van der Waals surface area contributed by atoms with Gasteiger partial charge in [0, 0.05) is 12.7 Å². The minimum atomic E-state index is -3.29. The van der Waals surface area contributed by atoms with Gasteiger partial charge in [-0.05, 0) is 41.7 Å². The summed E-state index contributed by atoms with van der Waals surface area (Å²) >= 11 is 30.7. The van der Waals surface area contributed by atoms with E-state index in [0.29, 0.717) is 18.4 Å². The first-order valence-corrected chi connectivity index (χ1v) is 14.4. The number of carbonyl (C=O) groups excluding carboxylic acids is 1. The summed E-state index contributed by atoms with van der Waals surface area (Å²) in [5.41, 5.74) is 1.33. The maximum atomic E-state index is 12.9. The van der Waals surface area contributed by atoms with E-state index in [2.05, 4.69) is 16.7 Å². The van der Waals surface area contributed by atoms with Crippen molar-refractivity contribution in [3.05, 3.63) is 54.1 Å². The number of carbonyl (C=O) groups is 1. The molecule has 12 heteroatoms. The van der Waals surface area contributed by atoms with Crippen molar-refractivity contribution in [1.29, 1.82) is 5.26 Å². The Balaban J connectivity index is 1.84. The highest BCUT2D eigenvalue weighted by Crippen LogP contribution is 2.41. The van der Waals surface area contributed by atoms with E-state index in [1.165, 1.54) is 12.1 Å². The van der Waals surface area contributed by atoms with Crippen molar-refractivity contribution >= 4 is 73.7 Å². The van der Waals surface area contributed by atoms with E-state index in [1.54, 1.807) is 36.4 Å². The summed E-state index contributed by atoms with van der Waals surface area (Å²) in [6.45, 7) is 0. The smallest absolute Gasteiger partial charge is 0.238 e.